The van der Waals surface area contributed by atoms with E-state index in [1.165, 1.54) is 12.8 Å². The van der Waals surface area contributed by atoms with Crippen LogP contribution in [0.15, 0.2) is 18.3 Å². The number of hydrogen-bond donors (Lipinski definition) is 1. The number of piperazine rings is 1. The van der Waals surface area contributed by atoms with E-state index >= 15 is 0 Å². The molecule has 2 aliphatic rings. The Morgan fingerprint density at radius 1 is 1.19 bits per heavy atom. The van der Waals surface area contributed by atoms with Crippen LogP contribution in [-0.2, 0) is 4.74 Å². The second-order valence-electron chi connectivity index (χ2n) is 8.01. The van der Waals surface area contributed by atoms with E-state index in [-0.39, 0.29) is 12.0 Å². The standard InChI is InChI=1S/C19H28N4O3/c1-19(2,3)26-18(25)23-10-8-22(9-11-23)15-6-7-16(20-13-15)17(24)21-12-14-4-5-14/h6-7,13-14H,4-5,8-12H2,1-3H3,(H,21,24). The molecule has 0 unspecified atom stereocenters. The first-order valence-electron chi connectivity index (χ1n) is 9.29. The van der Waals surface area contributed by atoms with Crippen LogP contribution in [-0.4, -0.2) is 60.2 Å². The van der Waals surface area contributed by atoms with Crippen LogP contribution in [0.1, 0.15) is 44.1 Å². The zero-order valence-electron chi connectivity index (χ0n) is 15.8. The molecule has 1 aromatic rings. The molecule has 1 aromatic heterocycles. The molecule has 142 valence electrons. The van der Waals surface area contributed by atoms with Gasteiger partial charge in [0.15, 0.2) is 0 Å². The number of rotatable bonds is 4. The molecule has 7 nitrogen and oxygen atoms in total. The number of ether oxygens (including phenoxy) is 1. The predicted molar refractivity (Wildman–Crippen MR) is 99.3 cm³/mol. The maximum atomic E-state index is 12.1. The first-order chi connectivity index (χ1) is 12.3. The molecule has 7 heteroatoms. The number of pyridine rings is 1. The van der Waals surface area contributed by atoms with E-state index in [1.54, 1.807) is 17.2 Å². The Morgan fingerprint density at radius 2 is 1.88 bits per heavy atom. The second kappa shape index (κ2) is 7.51. The fourth-order valence-electron chi connectivity index (χ4n) is 2.83. The van der Waals surface area contributed by atoms with Gasteiger partial charge < -0.3 is 19.9 Å². The van der Waals surface area contributed by atoms with Crippen LogP contribution >= 0.6 is 0 Å². The summed E-state index contributed by atoms with van der Waals surface area (Å²) in [4.78, 5) is 32.4. The number of amides is 2. The fourth-order valence-corrected chi connectivity index (χ4v) is 2.83. The third-order valence-electron chi connectivity index (χ3n) is 4.53. The summed E-state index contributed by atoms with van der Waals surface area (Å²) >= 11 is 0. The molecule has 0 radical (unpaired) electrons. The molecule has 1 N–H and O–H groups in total. The molecule has 0 atom stereocenters. The van der Waals surface area contributed by atoms with Gasteiger partial charge in [-0.15, -0.1) is 0 Å². The SMILES string of the molecule is CC(C)(C)OC(=O)N1CCN(c2ccc(C(=O)NCC3CC3)nc2)CC1. The molecule has 1 saturated carbocycles. The molecular formula is C19H28N4O3. The Morgan fingerprint density at radius 3 is 2.42 bits per heavy atom. The summed E-state index contributed by atoms with van der Waals surface area (Å²) in [5, 5.41) is 2.92. The van der Waals surface area contributed by atoms with Gasteiger partial charge in [-0.05, 0) is 51.7 Å². The van der Waals surface area contributed by atoms with Crippen LogP contribution in [0.4, 0.5) is 10.5 Å². The third-order valence-corrected chi connectivity index (χ3v) is 4.53. The Hall–Kier alpha value is -2.31. The summed E-state index contributed by atoms with van der Waals surface area (Å²) in [6.07, 6.45) is 3.89. The summed E-state index contributed by atoms with van der Waals surface area (Å²) < 4.78 is 5.42. The van der Waals surface area contributed by atoms with Crippen molar-refractivity contribution >= 4 is 17.7 Å². The highest BCUT2D eigenvalue weighted by Crippen LogP contribution is 2.27. The van der Waals surface area contributed by atoms with Crippen molar-refractivity contribution in [2.45, 2.75) is 39.2 Å². The highest BCUT2D eigenvalue weighted by molar-refractivity contribution is 5.92. The number of anilines is 1. The Bertz CT molecular complexity index is 642. The van der Waals surface area contributed by atoms with Gasteiger partial charge in [0.25, 0.3) is 5.91 Å². The van der Waals surface area contributed by atoms with Crippen LogP contribution in [0.2, 0.25) is 0 Å². The minimum Gasteiger partial charge on any atom is -0.444 e. The third kappa shape index (κ3) is 5.09. The summed E-state index contributed by atoms with van der Waals surface area (Å²) in [5.74, 6) is 0.540. The average Bonchev–Trinajstić information content (AvgIpc) is 3.43. The van der Waals surface area contributed by atoms with Crippen molar-refractivity contribution in [1.29, 1.82) is 0 Å². The summed E-state index contributed by atoms with van der Waals surface area (Å²) in [7, 11) is 0. The van der Waals surface area contributed by atoms with Crippen molar-refractivity contribution in [2.24, 2.45) is 5.92 Å². The largest absolute Gasteiger partial charge is 0.444 e. The lowest BCUT2D eigenvalue weighted by Gasteiger charge is -2.36. The molecule has 0 bridgehead atoms. The summed E-state index contributed by atoms with van der Waals surface area (Å²) in [6.45, 7) is 9.01. The van der Waals surface area contributed by atoms with Gasteiger partial charge in [-0.2, -0.15) is 0 Å². The van der Waals surface area contributed by atoms with Crippen LogP contribution in [0.3, 0.4) is 0 Å². The highest BCUT2D eigenvalue weighted by Gasteiger charge is 2.26. The van der Waals surface area contributed by atoms with E-state index < -0.39 is 5.60 Å². The van der Waals surface area contributed by atoms with Crippen molar-refractivity contribution < 1.29 is 14.3 Å². The number of aromatic nitrogens is 1. The Balaban J connectivity index is 1.49. The van der Waals surface area contributed by atoms with Crippen molar-refractivity contribution in [3.63, 3.8) is 0 Å². The minimum absolute atomic E-state index is 0.113. The van der Waals surface area contributed by atoms with Gasteiger partial charge >= 0.3 is 6.09 Å². The van der Waals surface area contributed by atoms with Gasteiger partial charge in [-0.3, -0.25) is 4.79 Å². The Kier molecular flexibility index (Phi) is 5.34. The van der Waals surface area contributed by atoms with E-state index in [2.05, 4.69) is 15.2 Å². The van der Waals surface area contributed by atoms with Gasteiger partial charge in [-0.1, -0.05) is 0 Å². The molecule has 2 heterocycles. The molecule has 2 amide bonds. The van der Waals surface area contributed by atoms with Crippen molar-refractivity contribution in [2.75, 3.05) is 37.6 Å². The van der Waals surface area contributed by atoms with Gasteiger partial charge in [-0.25, -0.2) is 9.78 Å². The molecule has 2 fully saturated rings. The van der Waals surface area contributed by atoms with Crippen molar-refractivity contribution in [3.8, 4) is 0 Å². The highest BCUT2D eigenvalue weighted by atomic mass is 16.6. The van der Waals surface area contributed by atoms with Crippen LogP contribution in [0, 0.1) is 5.92 Å². The van der Waals surface area contributed by atoms with Gasteiger partial charge in [0.2, 0.25) is 0 Å². The first kappa shape index (κ1) is 18.5. The van der Waals surface area contributed by atoms with E-state index in [1.807, 2.05) is 26.8 Å². The predicted octanol–water partition coefficient (Wildman–Crippen LogP) is 2.28. The number of carbonyl (C=O) groups is 2. The van der Waals surface area contributed by atoms with E-state index in [9.17, 15) is 9.59 Å². The number of carbonyl (C=O) groups excluding carboxylic acids is 2. The molecule has 1 aliphatic heterocycles. The summed E-state index contributed by atoms with van der Waals surface area (Å²) in [6, 6.07) is 3.68. The monoisotopic (exact) mass is 360 g/mol. The average molecular weight is 360 g/mol. The van der Waals surface area contributed by atoms with Crippen LogP contribution in [0.5, 0.6) is 0 Å². The zero-order valence-corrected chi connectivity index (χ0v) is 15.8. The van der Waals surface area contributed by atoms with E-state index in [0.717, 1.165) is 12.2 Å². The topological polar surface area (TPSA) is 74.8 Å². The maximum Gasteiger partial charge on any atom is 0.410 e. The molecule has 0 aromatic carbocycles. The van der Waals surface area contributed by atoms with Crippen molar-refractivity contribution in [1.82, 2.24) is 15.2 Å². The van der Waals surface area contributed by atoms with Gasteiger partial charge in [0.05, 0.1) is 11.9 Å². The quantitative estimate of drug-likeness (QED) is 0.892. The fraction of sp³-hybridized carbons (Fsp3) is 0.632. The Labute approximate surface area is 154 Å². The molecule has 1 aliphatic carbocycles. The molecule has 26 heavy (non-hydrogen) atoms. The lowest BCUT2D eigenvalue weighted by molar-refractivity contribution is 0.0240. The zero-order chi connectivity index (χ0) is 18.7. The molecule has 1 saturated heterocycles. The maximum absolute atomic E-state index is 12.1. The first-order valence-corrected chi connectivity index (χ1v) is 9.29. The second-order valence-corrected chi connectivity index (χ2v) is 8.01. The summed E-state index contributed by atoms with van der Waals surface area (Å²) in [5.41, 5.74) is 0.933. The van der Waals surface area contributed by atoms with Gasteiger partial charge in [0.1, 0.15) is 11.3 Å². The van der Waals surface area contributed by atoms with Gasteiger partial charge in [0, 0.05) is 32.7 Å². The lowest BCUT2D eigenvalue weighted by atomic mass is 10.2. The molecule has 3 rings (SSSR count). The number of nitrogens with one attached hydrogen (secondary N) is 1. The van der Waals surface area contributed by atoms with Crippen molar-refractivity contribution in [3.05, 3.63) is 24.0 Å². The number of hydrogen-bond acceptors (Lipinski definition) is 5. The smallest absolute Gasteiger partial charge is 0.410 e. The molecular weight excluding hydrogens is 332 g/mol. The molecule has 0 spiro atoms. The normalized spacial score (nSPS) is 17.8. The van der Waals surface area contributed by atoms with Crippen LogP contribution in [0.25, 0.3) is 0 Å². The van der Waals surface area contributed by atoms with Crippen LogP contribution < -0.4 is 10.2 Å². The number of nitrogens with zero attached hydrogens (tertiary/aromatic N) is 3. The van der Waals surface area contributed by atoms with E-state index in [4.69, 9.17) is 4.74 Å². The minimum atomic E-state index is -0.478. The van der Waals surface area contributed by atoms with E-state index in [0.29, 0.717) is 37.8 Å². The lowest BCUT2D eigenvalue weighted by Crippen LogP contribution is -2.50.